The second kappa shape index (κ2) is 4.60. The second-order valence-corrected chi connectivity index (χ2v) is 3.98. The Morgan fingerprint density at radius 2 is 1.64 bits per heavy atom. The zero-order chi connectivity index (χ0) is 7.72. The molecular weight excluding hydrogens is 308 g/mol. The summed E-state index contributed by atoms with van der Waals surface area (Å²) in [5.74, 6) is 1.81. The first-order chi connectivity index (χ1) is 4.61. The van der Waals surface area contributed by atoms with Gasteiger partial charge in [0.25, 0.3) is 0 Å². The number of likely N-dealkylation sites (tertiary alicyclic amines) is 1. The summed E-state index contributed by atoms with van der Waals surface area (Å²) < 4.78 is 0. The molecule has 2 heteroatoms. The molecule has 0 bridgehead atoms. The fourth-order valence-electron chi connectivity index (χ4n) is 1.76. The SMILES string of the molecule is CC1CC(C)N(C)CC1C.[Re]. The van der Waals surface area contributed by atoms with Gasteiger partial charge in [-0.3, -0.25) is 0 Å². The van der Waals surface area contributed by atoms with E-state index in [9.17, 15) is 0 Å². The van der Waals surface area contributed by atoms with E-state index in [2.05, 4.69) is 32.7 Å². The van der Waals surface area contributed by atoms with Crippen molar-refractivity contribution >= 4 is 0 Å². The predicted molar refractivity (Wildman–Crippen MR) is 45.0 cm³/mol. The minimum absolute atomic E-state index is 0. The Kier molecular flexibility index (Phi) is 4.86. The van der Waals surface area contributed by atoms with E-state index in [4.69, 9.17) is 0 Å². The normalized spacial score (nSPS) is 39.8. The van der Waals surface area contributed by atoms with E-state index < -0.39 is 0 Å². The van der Waals surface area contributed by atoms with Crippen molar-refractivity contribution in [2.45, 2.75) is 33.2 Å². The third kappa shape index (κ3) is 2.86. The number of nitrogens with zero attached hydrogens (tertiary/aromatic N) is 1. The zero-order valence-corrected chi connectivity index (χ0v) is 10.7. The minimum atomic E-state index is 0. The summed E-state index contributed by atoms with van der Waals surface area (Å²) in [5, 5.41) is 0. The van der Waals surface area contributed by atoms with Gasteiger partial charge >= 0.3 is 0 Å². The van der Waals surface area contributed by atoms with Crippen LogP contribution in [0.5, 0.6) is 0 Å². The van der Waals surface area contributed by atoms with Crippen molar-refractivity contribution in [1.29, 1.82) is 0 Å². The maximum Gasteiger partial charge on any atom is 0.00666 e. The maximum atomic E-state index is 2.46. The van der Waals surface area contributed by atoms with Gasteiger partial charge in [0, 0.05) is 33.0 Å². The Balaban J connectivity index is 0.000001000. The molecule has 0 aliphatic carbocycles. The predicted octanol–water partition coefficient (Wildman–Crippen LogP) is 1.98. The topological polar surface area (TPSA) is 3.24 Å². The Labute approximate surface area is 84.2 Å². The minimum Gasteiger partial charge on any atom is -0.303 e. The van der Waals surface area contributed by atoms with E-state index in [0.29, 0.717) is 0 Å². The molecule has 0 aromatic rings. The summed E-state index contributed by atoms with van der Waals surface area (Å²) in [4.78, 5) is 2.46. The van der Waals surface area contributed by atoms with E-state index in [1.54, 1.807) is 0 Å². The fourth-order valence-corrected chi connectivity index (χ4v) is 1.76. The first kappa shape index (κ1) is 11.6. The standard InChI is InChI=1S/C9H19N.Re/c1-7-5-9(3)10(4)6-8(7)2;/h7-9H,5-6H2,1-4H3;. The van der Waals surface area contributed by atoms with Gasteiger partial charge in [0.05, 0.1) is 0 Å². The van der Waals surface area contributed by atoms with E-state index in [0.717, 1.165) is 17.9 Å². The van der Waals surface area contributed by atoms with Crippen LogP contribution in [0, 0.1) is 11.8 Å². The van der Waals surface area contributed by atoms with E-state index in [1.165, 1.54) is 13.0 Å². The van der Waals surface area contributed by atoms with Crippen molar-refractivity contribution in [3.8, 4) is 0 Å². The van der Waals surface area contributed by atoms with Crippen molar-refractivity contribution in [2.24, 2.45) is 11.8 Å². The van der Waals surface area contributed by atoms with E-state index >= 15 is 0 Å². The summed E-state index contributed by atoms with van der Waals surface area (Å²) in [6.45, 7) is 8.33. The van der Waals surface area contributed by atoms with Crippen molar-refractivity contribution < 1.29 is 20.4 Å². The third-order valence-corrected chi connectivity index (χ3v) is 3.01. The fraction of sp³-hybridized carbons (Fsp3) is 1.00. The maximum absolute atomic E-state index is 2.46. The molecular formula is C9H19NRe. The van der Waals surface area contributed by atoms with Crippen LogP contribution in [0.15, 0.2) is 0 Å². The number of hydrogen-bond donors (Lipinski definition) is 0. The average Bonchev–Trinajstić information content (AvgIpc) is 1.84. The third-order valence-electron chi connectivity index (χ3n) is 3.01. The van der Waals surface area contributed by atoms with Crippen LogP contribution in [0.25, 0.3) is 0 Å². The molecule has 0 aromatic carbocycles. The Morgan fingerprint density at radius 3 is 2.09 bits per heavy atom. The summed E-state index contributed by atoms with van der Waals surface area (Å²) >= 11 is 0. The Morgan fingerprint density at radius 1 is 1.09 bits per heavy atom. The van der Waals surface area contributed by atoms with Crippen LogP contribution in [0.2, 0.25) is 0 Å². The Bertz CT molecular complexity index is 90.1. The summed E-state index contributed by atoms with van der Waals surface area (Å²) in [6, 6.07) is 0.797. The van der Waals surface area contributed by atoms with Crippen LogP contribution in [-0.4, -0.2) is 24.5 Å². The van der Waals surface area contributed by atoms with Crippen LogP contribution in [-0.2, 0) is 20.4 Å². The van der Waals surface area contributed by atoms with Crippen LogP contribution >= 0.6 is 0 Å². The van der Waals surface area contributed by atoms with Gasteiger partial charge in [0.15, 0.2) is 0 Å². The summed E-state index contributed by atoms with van der Waals surface area (Å²) in [6.07, 6.45) is 1.37. The van der Waals surface area contributed by atoms with Gasteiger partial charge in [-0.1, -0.05) is 13.8 Å². The molecule has 0 N–H and O–H groups in total. The van der Waals surface area contributed by atoms with Gasteiger partial charge in [0.1, 0.15) is 0 Å². The number of piperidine rings is 1. The molecule has 1 radical (unpaired) electrons. The number of rotatable bonds is 0. The molecule has 1 fully saturated rings. The average molecular weight is 327 g/mol. The molecule has 1 aliphatic rings. The van der Waals surface area contributed by atoms with Gasteiger partial charge < -0.3 is 4.90 Å². The second-order valence-electron chi connectivity index (χ2n) is 3.98. The Hall–Kier alpha value is 0.622. The molecule has 0 saturated carbocycles. The molecule has 1 nitrogen and oxygen atoms in total. The zero-order valence-electron chi connectivity index (χ0n) is 7.97. The van der Waals surface area contributed by atoms with Gasteiger partial charge in [-0.15, -0.1) is 0 Å². The van der Waals surface area contributed by atoms with Crippen molar-refractivity contribution in [1.82, 2.24) is 4.90 Å². The summed E-state index contributed by atoms with van der Waals surface area (Å²) in [7, 11) is 2.23. The molecule has 3 unspecified atom stereocenters. The molecule has 11 heavy (non-hydrogen) atoms. The number of hydrogen-bond acceptors (Lipinski definition) is 1. The molecule has 3 atom stereocenters. The first-order valence-electron chi connectivity index (χ1n) is 4.31. The van der Waals surface area contributed by atoms with Crippen molar-refractivity contribution in [3.63, 3.8) is 0 Å². The first-order valence-corrected chi connectivity index (χ1v) is 4.31. The summed E-state index contributed by atoms with van der Waals surface area (Å²) in [5.41, 5.74) is 0. The van der Waals surface area contributed by atoms with Crippen LogP contribution in [0.3, 0.4) is 0 Å². The van der Waals surface area contributed by atoms with E-state index in [-0.39, 0.29) is 20.4 Å². The van der Waals surface area contributed by atoms with Crippen molar-refractivity contribution in [3.05, 3.63) is 0 Å². The molecule has 0 spiro atoms. The molecule has 1 aliphatic heterocycles. The van der Waals surface area contributed by atoms with Gasteiger partial charge in [-0.2, -0.15) is 0 Å². The quantitative estimate of drug-likeness (QED) is 0.658. The van der Waals surface area contributed by atoms with Crippen LogP contribution in [0.1, 0.15) is 27.2 Å². The molecule has 0 amide bonds. The molecule has 0 aromatic heterocycles. The largest absolute Gasteiger partial charge is 0.303 e. The van der Waals surface area contributed by atoms with E-state index in [1.807, 2.05) is 0 Å². The van der Waals surface area contributed by atoms with Crippen molar-refractivity contribution in [2.75, 3.05) is 13.6 Å². The monoisotopic (exact) mass is 328 g/mol. The van der Waals surface area contributed by atoms with Gasteiger partial charge in [0.2, 0.25) is 0 Å². The molecule has 1 rings (SSSR count). The molecule has 1 saturated heterocycles. The van der Waals surface area contributed by atoms with Crippen LogP contribution < -0.4 is 0 Å². The van der Waals surface area contributed by atoms with Gasteiger partial charge in [-0.05, 0) is 32.2 Å². The van der Waals surface area contributed by atoms with Crippen LogP contribution in [0.4, 0.5) is 0 Å². The molecule has 67 valence electrons. The van der Waals surface area contributed by atoms with Gasteiger partial charge in [-0.25, -0.2) is 0 Å². The smallest absolute Gasteiger partial charge is 0.00666 e. The molecule has 1 heterocycles.